The minimum atomic E-state index is -0.836. The van der Waals surface area contributed by atoms with Crippen LogP contribution in [-0.2, 0) is 14.3 Å². The topological polar surface area (TPSA) is 78.9 Å². The van der Waals surface area contributed by atoms with E-state index in [9.17, 15) is 14.7 Å². The normalized spacial score (nSPS) is 30.8. The van der Waals surface area contributed by atoms with Crippen molar-refractivity contribution in [1.29, 1.82) is 0 Å². The molecule has 0 aromatic rings. The Morgan fingerprint density at radius 1 is 1.17 bits per heavy atom. The number of carbonyl (C=O) groups is 2. The summed E-state index contributed by atoms with van der Waals surface area (Å²) in [6, 6.07) is 0. The fraction of sp³-hybridized carbons (Fsp3) is 0.474. The minimum Gasteiger partial charge on any atom is -0.386 e. The maximum Gasteiger partial charge on any atom is 0.248 e. The minimum absolute atomic E-state index is 0.108. The summed E-state index contributed by atoms with van der Waals surface area (Å²) in [6.45, 7) is 0. The molecule has 0 aromatic heterocycles. The third-order valence-corrected chi connectivity index (χ3v) is 4.60. The SMILES string of the molecule is O=C(/C=C/C=C/C=C/C1CCCCC1)NC1=C[C@@H](O)[C@@H]2O[C@@H]2C1=O. The number of aliphatic hydroxyl groups is 1. The van der Waals surface area contributed by atoms with Crippen LogP contribution < -0.4 is 5.32 Å². The van der Waals surface area contributed by atoms with Crippen LogP contribution in [0.1, 0.15) is 32.1 Å². The molecule has 5 nitrogen and oxygen atoms in total. The lowest BCUT2D eigenvalue weighted by Crippen LogP contribution is -2.35. The monoisotopic (exact) mass is 329 g/mol. The molecule has 2 aliphatic carbocycles. The van der Waals surface area contributed by atoms with Gasteiger partial charge in [-0.2, -0.15) is 0 Å². The molecule has 0 spiro atoms. The lowest BCUT2D eigenvalue weighted by Gasteiger charge is -2.17. The maximum absolute atomic E-state index is 11.8. The van der Waals surface area contributed by atoms with Crippen LogP contribution in [0, 0.1) is 5.92 Å². The fourth-order valence-corrected chi connectivity index (χ4v) is 3.19. The second-order valence-electron chi connectivity index (χ2n) is 6.47. The van der Waals surface area contributed by atoms with Gasteiger partial charge in [-0.3, -0.25) is 9.59 Å². The van der Waals surface area contributed by atoms with Crippen LogP contribution in [0.15, 0.2) is 48.2 Å². The smallest absolute Gasteiger partial charge is 0.248 e. The Morgan fingerprint density at radius 2 is 1.92 bits per heavy atom. The molecule has 3 atom stereocenters. The van der Waals surface area contributed by atoms with Crippen LogP contribution in [0.5, 0.6) is 0 Å². The van der Waals surface area contributed by atoms with Crippen molar-refractivity contribution < 1.29 is 19.4 Å². The third kappa shape index (κ3) is 4.30. The summed E-state index contributed by atoms with van der Waals surface area (Å²) >= 11 is 0. The van der Waals surface area contributed by atoms with Crippen LogP contribution in [-0.4, -0.2) is 35.1 Å². The van der Waals surface area contributed by atoms with E-state index in [1.54, 1.807) is 12.2 Å². The highest BCUT2D eigenvalue weighted by Crippen LogP contribution is 2.32. The number of amides is 1. The maximum atomic E-state index is 11.8. The lowest BCUT2D eigenvalue weighted by molar-refractivity contribution is -0.121. The number of rotatable bonds is 5. The van der Waals surface area contributed by atoms with E-state index in [0.29, 0.717) is 5.92 Å². The number of carbonyl (C=O) groups excluding carboxylic acids is 2. The Bertz CT molecular complexity index is 611. The van der Waals surface area contributed by atoms with Gasteiger partial charge in [-0.05, 0) is 24.8 Å². The zero-order valence-corrected chi connectivity index (χ0v) is 13.6. The zero-order valence-electron chi connectivity index (χ0n) is 13.6. The molecule has 1 amide bonds. The first-order valence-electron chi connectivity index (χ1n) is 8.57. The molecule has 2 N–H and O–H groups in total. The molecule has 1 saturated carbocycles. The number of nitrogens with one attached hydrogen (secondary N) is 1. The van der Waals surface area contributed by atoms with Crippen molar-refractivity contribution in [3.05, 3.63) is 48.2 Å². The molecule has 3 rings (SSSR count). The number of Topliss-reactive ketones (excluding diaryl/α,β-unsaturated/α-hetero) is 1. The highest BCUT2D eigenvalue weighted by atomic mass is 16.6. The van der Waals surface area contributed by atoms with E-state index >= 15 is 0 Å². The Balaban J connectivity index is 1.43. The van der Waals surface area contributed by atoms with E-state index in [2.05, 4.69) is 11.4 Å². The van der Waals surface area contributed by atoms with Crippen molar-refractivity contribution in [1.82, 2.24) is 5.32 Å². The third-order valence-electron chi connectivity index (χ3n) is 4.60. The van der Waals surface area contributed by atoms with Crippen molar-refractivity contribution in [3.63, 3.8) is 0 Å². The molecule has 24 heavy (non-hydrogen) atoms. The molecule has 0 radical (unpaired) electrons. The Labute approximate surface area is 141 Å². The van der Waals surface area contributed by atoms with Gasteiger partial charge in [0, 0.05) is 6.08 Å². The lowest BCUT2D eigenvalue weighted by atomic mass is 9.89. The summed E-state index contributed by atoms with van der Waals surface area (Å²) in [6.07, 6.45) is 16.9. The van der Waals surface area contributed by atoms with Crippen molar-refractivity contribution in [2.45, 2.75) is 50.4 Å². The van der Waals surface area contributed by atoms with E-state index in [4.69, 9.17) is 4.74 Å². The summed E-state index contributed by atoms with van der Waals surface area (Å²) in [7, 11) is 0. The van der Waals surface area contributed by atoms with Gasteiger partial charge in [-0.1, -0.05) is 49.6 Å². The summed E-state index contributed by atoms with van der Waals surface area (Å²) in [5, 5.41) is 12.2. The van der Waals surface area contributed by atoms with Gasteiger partial charge in [-0.15, -0.1) is 0 Å². The molecular formula is C19H23NO4. The van der Waals surface area contributed by atoms with Gasteiger partial charge >= 0.3 is 0 Å². The standard InChI is InChI=1S/C19H23NO4/c21-15-12-14(17(23)19-18(15)24-19)20-16(22)11-7-2-1-4-8-13-9-5-3-6-10-13/h1-2,4,7-8,11-13,15,18-19,21H,3,5-6,9-10H2,(H,20,22)/b2-1+,8-4+,11-7+/t15-,18+,19-/m1/s1. The first-order chi connectivity index (χ1) is 11.6. The van der Waals surface area contributed by atoms with E-state index in [-0.39, 0.29) is 11.5 Å². The predicted octanol–water partition coefficient (Wildman–Crippen LogP) is 1.95. The molecule has 0 unspecified atom stereocenters. The largest absolute Gasteiger partial charge is 0.386 e. The number of ether oxygens (including phenoxy) is 1. The molecule has 0 bridgehead atoms. The quantitative estimate of drug-likeness (QED) is 0.459. The van der Waals surface area contributed by atoms with Crippen molar-refractivity contribution >= 4 is 11.7 Å². The average molecular weight is 329 g/mol. The molecule has 5 heteroatoms. The van der Waals surface area contributed by atoms with Gasteiger partial charge in [0.05, 0.1) is 5.70 Å². The number of hydrogen-bond acceptors (Lipinski definition) is 4. The fourth-order valence-electron chi connectivity index (χ4n) is 3.19. The average Bonchev–Trinajstić information content (AvgIpc) is 3.38. The molecular weight excluding hydrogens is 306 g/mol. The second-order valence-corrected chi connectivity index (χ2v) is 6.47. The zero-order chi connectivity index (χ0) is 16.9. The number of epoxide rings is 1. The van der Waals surface area contributed by atoms with E-state index in [0.717, 1.165) is 0 Å². The van der Waals surface area contributed by atoms with Crippen LogP contribution in [0.25, 0.3) is 0 Å². The Morgan fingerprint density at radius 3 is 2.71 bits per heavy atom. The predicted molar refractivity (Wildman–Crippen MR) is 89.9 cm³/mol. The Kier molecular flexibility index (Phi) is 5.43. The van der Waals surface area contributed by atoms with Crippen LogP contribution in [0.3, 0.4) is 0 Å². The van der Waals surface area contributed by atoms with E-state index in [1.807, 2.05) is 12.2 Å². The first kappa shape index (κ1) is 16.9. The number of fused-ring (bicyclic) bond motifs is 1. The van der Waals surface area contributed by atoms with Crippen molar-refractivity contribution in [2.75, 3.05) is 0 Å². The van der Waals surface area contributed by atoms with Gasteiger partial charge in [0.15, 0.2) is 6.10 Å². The molecule has 3 aliphatic rings. The summed E-state index contributed by atoms with van der Waals surface area (Å²) in [5.74, 6) is -0.000330. The summed E-state index contributed by atoms with van der Waals surface area (Å²) in [4.78, 5) is 23.6. The van der Waals surface area contributed by atoms with E-state index < -0.39 is 24.2 Å². The first-order valence-corrected chi connectivity index (χ1v) is 8.57. The van der Waals surface area contributed by atoms with Gasteiger partial charge < -0.3 is 15.2 Å². The van der Waals surface area contributed by atoms with Gasteiger partial charge in [0.25, 0.3) is 0 Å². The summed E-state index contributed by atoms with van der Waals surface area (Å²) in [5.41, 5.74) is 0.108. The summed E-state index contributed by atoms with van der Waals surface area (Å²) < 4.78 is 5.05. The van der Waals surface area contributed by atoms with Gasteiger partial charge in [0.2, 0.25) is 11.7 Å². The van der Waals surface area contributed by atoms with Crippen molar-refractivity contribution in [2.24, 2.45) is 5.92 Å². The van der Waals surface area contributed by atoms with Crippen LogP contribution in [0.4, 0.5) is 0 Å². The van der Waals surface area contributed by atoms with Gasteiger partial charge in [-0.25, -0.2) is 0 Å². The van der Waals surface area contributed by atoms with Crippen molar-refractivity contribution in [3.8, 4) is 0 Å². The van der Waals surface area contributed by atoms with Gasteiger partial charge in [0.1, 0.15) is 12.2 Å². The highest BCUT2D eigenvalue weighted by molar-refractivity contribution is 6.06. The highest BCUT2D eigenvalue weighted by Gasteiger charge is 2.53. The number of aliphatic hydroxyl groups excluding tert-OH is 1. The molecule has 1 aliphatic heterocycles. The Hall–Kier alpha value is -1.98. The van der Waals surface area contributed by atoms with Crippen LogP contribution in [0.2, 0.25) is 0 Å². The number of ketones is 1. The molecule has 1 heterocycles. The number of allylic oxidation sites excluding steroid dienone is 5. The number of hydrogen-bond donors (Lipinski definition) is 2. The molecule has 0 aromatic carbocycles. The molecule has 1 saturated heterocycles. The van der Waals surface area contributed by atoms with E-state index in [1.165, 1.54) is 44.3 Å². The van der Waals surface area contributed by atoms with Crippen LogP contribution >= 0.6 is 0 Å². The molecule has 128 valence electrons. The second kappa shape index (κ2) is 7.73. The molecule has 2 fully saturated rings.